The first-order valence-electron chi connectivity index (χ1n) is 7.75. The summed E-state index contributed by atoms with van der Waals surface area (Å²) in [4.78, 5) is 1.39. The van der Waals surface area contributed by atoms with Gasteiger partial charge in [-0.15, -0.1) is 11.8 Å². The molecule has 0 radical (unpaired) electrons. The lowest BCUT2D eigenvalue weighted by Crippen LogP contribution is -2.23. The first kappa shape index (κ1) is 15.9. The molecule has 1 aromatic rings. The molecule has 20 heavy (non-hydrogen) atoms. The van der Waals surface area contributed by atoms with Gasteiger partial charge in [-0.1, -0.05) is 19.1 Å². The van der Waals surface area contributed by atoms with E-state index in [4.69, 9.17) is 4.74 Å². The van der Waals surface area contributed by atoms with Gasteiger partial charge in [0.25, 0.3) is 0 Å². The van der Waals surface area contributed by atoms with Crippen molar-refractivity contribution >= 4 is 11.8 Å². The van der Waals surface area contributed by atoms with Gasteiger partial charge in [-0.2, -0.15) is 0 Å². The molecular formula is C17H27NOS. The molecule has 0 heterocycles. The second-order valence-electron chi connectivity index (χ2n) is 5.61. The van der Waals surface area contributed by atoms with Crippen molar-refractivity contribution in [3.8, 4) is 0 Å². The van der Waals surface area contributed by atoms with Crippen LogP contribution < -0.4 is 5.32 Å². The minimum absolute atomic E-state index is 0.437. The predicted octanol–water partition coefficient (Wildman–Crippen LogP) is 4.41. The predicted molar refractivity (Wildman–Crippen MR) is 87.4 cm³/mol. The molecule has 1 aliphatic carbocycles. The van der Waals surface area contributed by atoms with Crippen LogP contribution in [-0.2, 0) is 4.74 Å². The lowest BCUT2D eigenvalue weighted by atomic mass is 9.97. The number of ether oxygens (including phenoxy) is 1. The normalized spacial score (nSPS) is 24.6. The highest BCUT2D eigenvalue weighted by molar-refractivity contribution is 8.00. The number of hydrogen-bond acceptors (Lipinski definition) is 3. The number of hydrogen-bond donors (Lipinski definition) is 1. The third kappa shape index (κ3) is 4.51. The Bertz CT molecular complexity index is 392. The summed E-state index contributed by atoms with van der Waals surface area (Å²) < 4.78 is 5.51. The van der Waals surface area contributed by atoms with E-state index in [1.165, 1.54) is 36.1 Å². The minimum Gasteiger partial charge on any atom is -0.381 e. The van der Waals surface area contributed by atoms with Gasteiger partial charge in [-0.3, -0.25) is 0 Å². The molecule has 3 heteroatoms. The summed E-state index contributed by atoms with van der Waals surface area (Å²) in [6.45, 7) is 5.38. The molecule has 112 valence electrons. The molecule has 2 rings (SSSR count). The Labute approximate surface area is 127 Å². The third-order valence-electron chi connectivity index (χ3n) is 4.10. The number of thioether (sulfide) groups is 1. The van der Waals surface area contributed by atoms with Crippen molar-refractivity contribution in [3.05, 3.63) is 29.8 Å². The largest absolute Gasteiger partial charge is 0.381 e. The molecule has 1 aromatic carbocycles. The highest BCUT2D eigenvalue weighted by Gasteiger charge is 2.22. The molecule has 1 saturated carbocycles. The highest BCUT2D eigenvalue weighted by Crippen LogP contribution is 2.34. The van der Waals surface area contributed by atoms with Crippen molar-refractivity contribution in [1.29, 1.82) is 0 Å². The van der Waals surface area contributed by atoms with Crippen LogP contribution in [0.15, 0.2) is 29.2 Å². The molecule has 1 aliphatic rings. The fourth-order valence-electron chi connectivity index (χ4n) is 2.87. The van der Waals surface area contributed by atoms with Gasteiger partial charge in [0.2, 0.25) is 0 Å². The van der Waals surface area contributed by atoms with Crippen molar-refractivity contribution in [1.82, 2.24) is 5.32 Å². The summed E-state index contributed by atoms with van der Waals surface area (Å²) in [5.41, 5.74) is 1.37. The number of benzene rings is 1. The van der Waals surface area contributed by atoms with Crippen LogP contribution >= 0.6 is 11.8 Å². The number of nitrogens with one attached hydrogen (secondary N) is 1. The molecule has 0 saturated heterocycles. The quantitative estimate of drug-likeness (QED) is 0.839. The smallest absolute Gasteiger partial charge is 0.0582 e. The Morgan fingerprint density at radius 2 is 2.05 bits per heavy atom. The monoisotopic (exact) mass is 293 g/mol. The molecule has 0 aromatic heterocycles. The molecular weight excluding hydrogens is 266 g/mol. The maximum Gasteiger partial charge on any atom is 0.0582 e. The third-order valence-corrected chi connectivity index (χ3v) is 5.41. The van der Waals surface area contributed by atoms with Gasteiger partial charge in [0.1, 0.15) is 0 Å². The lowest BCUT2D eigenvalue weighted by molar-refractivity contribution is 0.0730. The SMILES string of the molecule is CCNC(C)c1ccc(SC2CCCC(OC)C2)cc1. The van der Waals surface area contributed by atoms with Crippen LogP contribution in [-0.4, -0.2) is 25.0 Å². The van der Waals surface area contributed by atoms with E-state index < -0.39 is 0 Å². The molecule has 0 amide bonds. The summed E-state index contributed by atoms with van der Waals surface area (Å²) in [6.07, 6.45) is 5.50. The van der Waals surface area contributed by atoms with E-state index in [0.717, 1.165) is 6.54 Å². The second-order valence-corrected chi connectivity index (χ2v) is 6.99. The van der Waals surface area contributed by atoms with Gasteiger partial charge in [0.15, 0.2) is 0 Å². The molecule has 0 spiro atoms. The Balaban J connectivity index is 1.90. The number of methoxy groups -OCH3 is 1. The van der Waals surface area contributed by atoms with Crippen LogP contribution in [0, 0.1) is 0 Å². The zero-order chi connectivity index (χ0) is 14.4. The Morgan fingerprint density at radius 1 is 1.30 bits per heavy atom. The zero-order valence-corrected chi connectivity index (χ0v) is 13.7. The molecule has 1 fully saturated rings. The summed E-state index contributed by atoms with van der Waals surface area (Å²) in [6, 6.07) is 9.49. The second kappa shape index (κ2) is 8.06. The summed E-state index contributed by atoms with van der Waals surface area (Å²) in [7, 11) is 1.84. The molecule has 2 nitrogen and oxygen atoms in total. The maximum atomic E-state index is 5.51. The standard InChI is InChI=1S/C17H27NOS/c1-4-18-13(2)14-8-10-16(11-9-14)20-17-7-5-6-15(12-17)19-3/h8-11,13,15,17-18H,4-7,12H2,1-3H3. The van der Waals surface area contributed by atoms with E-state index in [1.54, 1.807) is 0 Å². The van der Waals surface area contributed by atoms with Crippen LogP contribution in [0.1, 0.15) is 51.1 Å². The summed E-state index contributed by atoms with van der Waals surface area (Å²) >= 11 is 2.02. The molecule has 0 aliphatic heterocycles. The lowest BCUT2D eigenvalue weighted by Gasteiger charge is -2.27. The molecule has 0 bridgehead atoms. The van der Waals surface area contributed by atoms with Crippen LogP contribution in [0.2, 0.25) is 0 Å². The van der Waals surface area contributed by atoms with Gasteiger partial charge < -0.3 is 10.1 Å². The first-order valence-corrected chi connectivity index (χ1v) is 8.63. The Morgan fingerprint density at radius 3 is 2.70 bits per heavy atom. The van der Waals surface area contributed by atoms with Crippen molar-refractivity contribution in [2.45, 2.75) is 61.8 Å². The van der Waals surface area contributed by atoms with Crippen LogP contribution in [0.5, 0.6) is 0 Å². The van der Waals surface area contributed by atoms with Crippen LogP contribution in [0.3, 0.4) is 0 Å². The number of rotatable bonds is 6. The van der Waals surface area contributed by atoms with Gasteiger partial charge in [0.05, 0.1) is 6.10 Å². The summed E-state index contributed by atoms with van der Waals surface area (Å²) in [5.74, 6) is 0. The van der Waals surface area contributed by atoms with Crippen LogP contribution in [0.4, 0.5) is 0 Å². The van der Waals surface area contributed by atoms with E-state index in [1.807, 2.05) is 18.9 Å². The van der Waals surface area contributed by atoms with Gasteiger partial charge >= 0.3 is 0 Å². The zero-order valence-electron chi connectivity index (χ0n) is 12.9. The van der Waals surface area contributed by atoms with E-state index >= 15 is 0 Å². The average Bonchev–Trinajstić information content (AvgIpc) is 2.48. The van der Waals surface area contributed by atoms with Gasteiger partial charge in [-0.05, 0) is 56.8 Å². The van der Waals surface area contributed by atoms with E-state index in [0.29, 0.717) is 17.4 Å². The van der Waals surface area contributed by atoms with E-state index in [-0.39, 0.29) is 0 Å². The van der Waals surface area contributed by atoms with Crippen molar-refractivity contribution in [2.24, 2.45) is 0 Å². The fraction of sp³-hybridized carbons (Fsp3) is 0.647. The van der Waals surface area contributed by atoms with Crippen LogP contribution in [0.25, 0.3) is 0 Å². The van der Waals surface area contributed by atoms with E-state index in [2.05, 4.69) is 43.4 Å². The minimum atomic E-state index is 0.437. The van der Waals surface area contributed by atoms with Gasteiger partial charge in [0, 0.05) is 23.3 Å². The first-order chi connectivity index (χ1) is 9.72. The average molecular weight is 293 g/mol. The Hall–Kier alpha value is -0.510. The highest BCUT2D eigenvalue weighted by atomic mass is 32.2. The fourth-order valence-corrected chi connectivity index (χ4v) is 4.15. The topological polar surface area (TPSA) is 21.3 Å². The molecule has 1 N–H and O–H groups in total. The van der Waals surface area contributed by atoms with Crippen molar-refractivity contribution in [3.63, 3.8) is 0 Å². The molecule has 3 unspecified atom stereocenters. The van der Waals surface area contributed by atoms with E-state index in [9.17, 15) is 0 Å². The Kier molecular flexibility index (Phi) is 6.40. The summed E-state index contributed by atoms with van der Waals surface area (Å²) in [5, 5.41) is 4.17. The van der Waals surface area contributed by atoms with Gasteiger partial charge in [-0.25, -0.2) is 0 Å². The van der Waals surface area contributed by atoms with Crippen molar-refractivity contribution < 1.29 is 4.74 Å². The van der Waals surface area contributed by atoms with Crippen molar-refractivity contribution in [2.75, 3.05) is 13.7 Å². The molecule has 3 atom stereocenters. The maximum absolute atomic E-state index is 5.51.